The van der Waals surface area contributed by atoms with E-state index < -0.39 is 22.7 Å². The van der Waals surface area contributed by atoms with Crippen molar-refractivity contribution in [3.63, 3.8) is 0 Å². The van der Waals surface area contributed by atoms with Gasteiger partial charge in [0.05, 0.1) is 11.4 Å². The topological polar surface area (TPSA) is 109 Å². The van der Waals surface area contributed by atoms with Crippen LogP contribution in [-0.2, 0) is 22.3 Å². The van der Waals surface area contributed by atoms with Gasteiger partial charge in [-0.15, -0.1) is 0 Å². The lowest BCUT2D eigenvalue weighted by atomic mass is 10.1. The molecular formula is C20H20F2N4O4S. The molecule has 0 bridgehead atoms. The maximum atomic E-state index is 12.6. The van der Waals surface area contributed by atoms with Crippen molar-refractivity contribution in [1.29, 1.82) is 0 Å². The SMILES string of the molecule is CNS(=O)(=O)Cc1ccc(CNC(=O)Nc2ccc(OC(F)F)c3ncccc23)cc1. The van der Waals surface area contributed by atoms with Gasteiger partial charge in [0.2, 0.25) is 10.0 Å². The lowest BCUT2D eigenvalue weighted by Crippen LogP contribution is -2.28. The molecule has 0 saturated heterocycles. The Morgan fingerprint density at radius 1 is 1.10 bits per heavy atom. The fraction of sp³-hybridized carbons (Fsp3) is 0.200. The minimum atomic E-state index is -3.36. The molecule has 0 radical (unpaired) electrons. The average Bonchev–Trinajstić information content (AvgIpc) is 2.74. The third-order valence-corrected chi connectivity index (χ3v) is 5.68. The van der Waals surface area contributed by atoms with Crippen molar-refractivity contribution in [3.05, 3.63) is 65.9 Å². The summed E-state index contributed by atoms with van der Waals surface area (Å²) in [6.45, 7) is -2.79. The number of carbonyl (C=O) groups excluding carboxylic acids is 1. The average molecular weight is 450 g/mol. The van der Waals surface area contributed by atoms with E-state index in [1.54, 1.807) is 36.4 Å². The molecule has 0 fully saturated rings. The minimum Gasteiger partial charge on any atom is -0.432 e. The molecule has 0 saturated carbocycles. The number of urea groups is 1. The molecule has 1 aromatic heterocycles. The molecule has 3 aromatic rings. The van der Waals surface area contributed by atoms with E-state index in [1.807, 2.05) is 0 Å². The van der Waals surface area contributed by atoms with E-state index in [-0.39, 0.29) is 23.6 Å². The van der Waals surface area contributed by atoms with Gasteiger partial charge in [-0.1, -0.05) is 24.3 Å². The summed E-state index contributed by atoms with van der Waals surface area (Å²) >= 11 is 0. The molecule has 31 heavy (non-hydrogen) atoms. The molecule has 0 unspecified atom stereocenters. The van der Waals surface area contributed by atoms with E-state index in [9.17, 15) is 22.0 Å². The molecule has 0 aliphatic heterocycles. The molecule has 8 nitrogen and oxygen atoms in total. The highest BCUT2D eigenvalue weighted by atomic mass is 32.2. The van der Waals surface area contributed by atoms with Crippen LogP contribution < -0.4 is 20.1 Å². The molecule has 0 spiro atoms. The molecule has 3 rings (SSSR count). The zero-order valence-electron chi connectivity index (χ0n) is 16.4. The third-order valence-electron chi connectivity index (χ3n) is 4.34. The Bertz CT molecular complexity index is 1170. The Morgan fingerprint density at radius 3 is 2.48 bits per heavy atom. The van der Waals surface area contributed by atoms with Crippen molar-refractivity contribution in [3.8, 4) is 5.75 Å². The number of hydrogen-bond donors (Lipinski definition) is 3. The lowest BCUT2D eigenvalue weighted by molar-refractivity contribution is -0.0489. The lowest BCUT2D eigenvalue weighted by Gasteiger charge is -2.13. The zero-order valence-corrected chi connectivity index (χ0v) is 17.2. The number of pyridine rings is 1. The number of sulfonamides is 1. The number of nitrogens with zero attached hydrogens (tertiary/aromatic N) is 1. The van der Waals surface area contributed by atoms with E-state index in [4.69, 9.17) is 0 Å². The highest BCUT2D eigenvalue weighted by molar-refractivity contribution is 7.88. The number of aromatic nitrogens is 1. The molecule has 1 heterocycles. The van der Waals surface area contributed by atoms with Crippen LogP contribution in [0.2, 0.25) is 0 Å². The number of halogens is 2. The Morgan fingerprint density at radius 2 is 1.81 bits per heavy atom. The summed E-state index contributed by atoms with van der Waals surface area (Å²) in [6.07, 6.45) is 1.44. The van der Waals surface area contributed by atoms with Crippen LogP contribution in [0.25, 0.3) is 10.9 Å². The third kappa shape index (κ3) is 6.09. The molecule has 3 N–H and O–H groups in total. The van der Waals surface area contributed by atoms with Gasteiger partial charge in [-0.2, -0.15) is 8.78 Å². The highest BCUT2D eigenvalue weighted by Gasteiger charge is 2.13. The number of amides is 2. The van der Waals surface area contributed by atoms with E-state index in [1.165, 1.54) is 25.4 Å². The number of hydrogen-bond acceptors (Lipinski definition) is 5. The molecule has 2 aromatic carbocycles. The monoisotopic (exact) mass is 450 g/mol. The number of ether oxygens (including phenoxy) is 1. The summed E-state index contributed by atoms with van der Waals surface area (Å²) in [6, 6.07) is 12.3. The summed E-state index contributed by atoms with van der Waals surface area (Å²) in [5.41, 5.74) is 1.98. The Hall–Kier alpha value is -3.31. The van der Waals surface area contributed by atoms with Gasteiger partial charge < -0.3 is 15.4 Å². The summed E-state index contributed by atoms with van der Waals surface area (Å²) in [5.74, 6) is -0.221. The number of carbonyl (C=O) groups is 1. The summed E-state index contributed by atoms with van der Waals surface area (Å²) in [4.78, 5) is 16.4. The predicted molar refractivity (Wildman–Crippen MR) is 112 cm³/mol. The second-order valence-corrected chi connectivity index (χ2v) is 8.40. The number of anilines is 1. The Kier molecular flexibility index (Phi) is 6.98. The number of alkyl halides is 2. The molecule has 2 amide bonds. The van der Waals surface area contributed by atoms with Crippen LogP contribution >= 0.6 is 0 Å². The maximum absolute atomic E-state index is 12.6. The standard InChI is InChI=1S/C20H20F2N4O4S/c1-23-31(28,29)12-14-6-4-13(5-7-14)11-25-20(27)26-16-8-9-17(30-19(21)22)18-15(16)3-2-10-24-18/h2-10,19,23H,11-12H2,1H3,(H2,25,26,27). The quantitative estimate of drug-likeness (QED) is 0.488. The van der Waals surface area contributed by atoms with E-state index >= 15 is 0 Å². The minimum absolute atomic E-state index is 0.0862. The van der Waals surface area contributed by atoms with Crippen LogP contribution in [-0.4, -0.2) is 33.1 Å². The van der Waals surface area contributed by atoms with Crippen LogP contribution in [0.15, 0.2) is 54.7 Å². The Labute approximate surface area is 177 Å². The fourth-order valence-electron chi connectivity index (χ4n) is 2.84. The van der Waals surface area contributed by atoms with Crippen LogP contribution in [0, 0.1) is 0 Å². The molecular weight excluding hydrogens is 430 g/mol. The molecule has 0 aliphatic carbocycles. The van der Waals surface area contributed by atoms with Crippen LogP contribution in [0.3, 0.4) is 0 Å². The Balaban J connectivity index is 1.64. The van der Waals surface area contributed by atoms with Crippen molar-refractivity contribution in [2.75, 3.05) is 12.4 Å². The van der Waals surface area contributed by atoms with Gasteiger partial charge in [0.15, 0.2) is 5.75 Å². The smallest absolute Gasteiger partial charge is 0.387 e. The van der Waals surface area contributed by atoms with Crippen LogP contribution in [0.5, 0.6) is 5.75 Å². The van der Waals surface area contributed by atoms with Crippen molar-refractivity contribution < 1.29 is 26.7 Å². The molecule has 0 atom stereocenters. The van der Waals surface area contributed by atoms with Gasteiger partial charge in [0.25, 0.3) is 0 Å². The first kappa shape index (κ1) is 22.4. The molecule has 11 heteroatoms. The number of rotatable bonds is 8. The zero-order chi connectivity index (χ0) is 22.4. The van der Waals surface area contributed by atoms with Gasteiger partial charge in [-0.05, 0) is 42.4 Å². The van der Waals surface area contributed by atoms with Crippen molar-refractivity contribution in [2.24, 2.45) is 0 Å². The van der Waals surface area contributed by atoms with Gasteiger partial charge in [0.1, 0.15) is 5.52 Å². The van der Waals surface area contributed by atoms with E-state index in [0.29, 0.717) is 16.6 Å². The first-order chi connectivity index (χ1) is 14.8. The van der Waals surface area contributed by atoms with Crippen LogP contribution in [0.1, 0.15) is 11.1 Å². The first-order valence-corrected chi connectivity index (χ1v) is 10.8. The van der Waals surface area contributed by atoms with E-state index in [0.717, 1.165) is 5.56 Å². The highest BCUT2D eigenvalue weighted by Crippen LogP contribution is 2.30. The number of benzene rings is 2. The van der Waals surface area contributed by atoms with Gasteiger partial charge in [-0.25, -0.2) is 17.9 Å². The fourth-order valence-corrected chi connectivity index (χ4v) is 3.62. The normalized spacial score (nSPS) is 11.5. The van der Waals surface area contributed by atoms with Gasteiger partial charge in [-0.3, -0.25) is 4.98 Å². The van der Waals surface area contributed by atoms with Crippen molar-refractivity contribution in [2.45, 2.75) is 18.9 Å². The van der Waals surface area contributed by atoms with E-state index in [2.05, 4.69) is 25.1 Å². The first-order valence-electron chi connectivity index (χ1n) is 9.14. The number of nitrogens with one attached hydrogen (secondary N) is 3. The second kappa shape index (κ2) is 9.67. The largest absolute Gasteiger partial charge is 0.432 e. The summed E-state index contributed by atoms with van der Waals surface area (Å²) in [5, 5.41) is 5.80. The summed E-state index contributed by atoms with van der Waals surface area (Å²) in [7, 11) is -2.01. The molecule has 0 aliphatic rings. The predicted octanol–water partition coefficient (Wildman–Crippen LogP) is 3.21. The van der Waals surface area contributed by atoms with Gasteiger partial charge >= 0.3 is 12.6 Å². The van der Waals surface area contributed by atoms with Crippen molar-refractivity contribution in [1.82, 2.24) is 15.0 Å². The van der Waals surface area contributed by atoms with Crippen LogP contribution in [0.4, 0.5) is 19.3 Å². The molecule has 164 valence electrons. The number of fused-ring (bicyclic) bond motifs is 1. The maximum Gasteiger partial charge on any atom is 0.387 e. The second-order valence-electron chi connectivity index (χ2n) is 6.48. The van der Waals surface area contributed by atoms with Crippen molar-refractivity contribution >= 4 is 32.6 Å². The van der Waals surface area contributed by atoms with Gasteiger partial charge in [0, 0.05) is 18.1 Å². The summed E-state index contributed by atoms with van der Waals surface area (Å²) < 4.78 is 55.1.